The molecule has 0 aliphatic heterocycles. The van der Waals surface area contributed by atoms with Crippen molar-refractivity contribution >= 4 is 28.2 Å². The van der Waals surface area contributed by atoms with Gasteiger partial charge < -0.3 is 24.4 Å². The van der Waals surface area contributed by atoms with E-state index in [0.717, 1.165) is 33.5 Å². The number of rotatable bonds is 7. The number of hydrogen-bond donors (Lipinski definition) is 2. The highest BCUT2D eigenvalue weighted by Gasteiger charge is 2.15. The lowest BCUT2D eigenvalue weighted by Gasteiger charge is -2.26. The zero-order valence-corrected chi connectivity index (χ0v) is 18.9. The van der Waals surface area contributed by atoms with Crippen LogP contribution in [0.2, 0.25) is 0 Å². The van der Waals surface area contributed by atoms with Gasteiger partial charge in [0.25, 0.3) is 5.56 Å². The normalized spacial score (nSPS) is 10.8. The summed E-state index contributed by atoms with van der Waals surface area (Å²) >= 11 is 5.69. The lowest BCUT2D eigenvalue weighted by atomic mass is 10.1. The Labute approximate surface area is 191 Å². The fourth-order valence-corrected chi connectivity index (χ4v) is 3.72. The first-order chi connectivity index (χ1) is 15.5. The maximum atomic E-state index is 12.8. The number of benzene rings is 2. The van der Waals surface area contributed by atoms with Crippen molar-refractivity contribution < 1.29 is 9.15 Å². The lowest BCUT2D eigenvalue weighted by molar-refractivity contribution is 0.391. The van der Waals surface area contributed by atoms with Crippen molar-refractivity contribution in [3.05, 3.63) is 99.7 Å². The number of aryl methyl sites for hydroxylation is 1. The number of thiocarbonyl (C=S) groups is 1. The highest BCUT2D eigenvalue weighted by Crippen LogP contribution is 2.17. The number of ether oxygens (including phenoxy) is 1. The molecule has 32 heavy (non-hydrogen) atoms. The van der Waals surface area contributed by atoms with Gasteiger partial charge in [-0.3, -0.25) is 4.79 Å². The fourth-order valence-electron chi connectivity index (χ4n) is 3.52. The molecule has 0 unspecified atom stereocenters. The van der Waals surface area contributed by atoms with Crippen LogP contribution in [0.1, 0.15) is 22.5 Å². The number of aromatic amines is 1. The fraction of sp³-hybridized carbons (Fsp3) is 0.200. The van der Waals surface area contributed by atoms with Crippen LogP contribution in [0.15, 0.2) is 76.1 Å². The third-order valence-electron chi connectivity index (χ3n) is 5.25. The van der Waals surface area contributed by atoms with Gasteiger partial charge in [0.15, 0.2) is 5.11 Å². The predicted molar refractivity (Wildman–Crippen MR) is 130 cm³/mol. The molecule has 2 aromatic carbocycles. The van der Waals surface area contributed by atoms with Gasteiger partial charge in [-0.25, -0.2) is 0 Å². The number of pyridine rings is 1. The number of hydrogen-bond acceptors (Lipinski definition) is 4. The Morgan fingerprint density at radius 3 is 2.66 bits per heavy atom. The van der Waals surface area contributed by atoms with E-state index in [1.165, 1.54) is 0 Å². The Balaban J connectivity index is 1.59. The molecule has 0 bridgehead atoms. The minimum absolute atomic E-state index is 0.114. The second-order valence-electron chi connectivity index (χ2n) is 7.66. The topological polar surface area (TPSA) is 70.5 Å². The van der Waals surface area contributed by atoms with E-state index >= 15 is 0 Å². The van der Waals surface area contributed by atoms with E-state index in [4.69, 9.17) is 21.4 Å². The monoisotopic (exact) mass is 447 g/mol. The van der Waals surface area contributed by atoms with Gasteiger partial charge in [-0.05, 0) is 72.1 Å². The molecule has 0 fully saturated rings. The molecule has 0 aliphatic rings. The van der Waals surface area contributed by atoms with Gasteiger partial charge in [0, 0.05) is 17.6 Å². The minimum atomic E-state index is -0.114. The van der Waals surface area contributed by atoms with Crippen molar-refractivity contribution in [3.63, 3.8) is 0 Å². The summed E-state index contributed by atoms with van der Waals surface area (Å²) < 4.78 is 10.6. The molecule has 0 amide bonds. The Hall–Kier alpha value is -3.58. The first-order valence-corrected chi connectivity index (χ1v) is 10.7. The van der Waals surface area contributed by atoms with Crippen LogP contribution >= 0.6 is 12.2 Å². The van der Waals surface area contributed by atoms with Crippen molar-refractivity contribution in [3.8, 4) is 5.75 Å². The lowest BCUT2D eigenvalue weighted by Crippen LogP contribution is -2.39. The Morgan fingerprint density at radius 2 is 1.94 bits per heavy atom. The number of nitrogens with one attached hydrogen (secondary N) is 2. The van der Waals surface area contributed by atoms with Crippen LogP contribution < -0.4 is 15.6 Å². The molecular weight excluding hydrogens is 422 g/mol. The zero-order valence-electron chi connectivity index (χ0n) is 18.1. The average molecular weight is 448 g/mol. The molecule has 0 radical (unpaired) electrons. The van der Waals surface area contributed by atoms with Gasteiger partial charge in [0.1, 0.15) is 11.5 Å². The SMILES string of the molecule is COc1ccc(CN(Cc2cc3ccc(C)cc3[nH]c2=O)C(=S)NCc2ccco2)cc1. The number of aromatic nitrogens is 1. The molecule has 6 nitrogen and oxygen atoms in total. The molecule has 4 aromatic rings. The summed E-state index contributed by atoms with van der Waals surface area (Å²) in [4.78, 5) is 17.8. The van der Waals surface area contributed by atoms with Crippen LogP contribution in [0.5, 0.6) is 5.75 Å². The van der Waals surface area contributed by atoms with Gasteiger partial charge in [-0.2, -0.15) is 0 Å². The molecule has 2 N–H and O–H groups in total. The molecule has 4 rings (SSSR count). The van der Waals surface area contributed by atoms with Crippen LogP contribution in [0.4, 0.5) is 0 Å². The van der Waals surface area contributed by atoms with Crippen molar-refractivity contribution in [2.75, 3.05) is 7.11 Å². The predicted octanol–water partition coefficient (Wildman–Crippen LogP) is 4.52. The van der Waals surface area contributed by atoms with E-state index in [1.54, 1.807) is 13.4 Å². The van der Waals surface area contributed by atoms with Gasteiger partial charge in [-0.15, -0.1) is 0 Å². The van der Waals surface area contributed by atoms with Crippen LogP contribution in [-0.2, 0) is 19.6 Å². The standard InChI is InChI=1S/C25H25N3O3S/c1-17-5-8-19-13-20(24(29)27-23(19)12-17)16-28(15-18-6-9-21(30-2)10-7-18)25(32)26-14-22-4-3-11-31-22/h3-13H,14-16H2,1-2H3,(H,26,32)(H,27,29). The molecule has 2 aromatic heterocycles. The first-order valence-electron chi connectivity index (χ1n) is 10.3. The molecular formula is C25H25N3O3S. The average Bonchev–Trinajstić information content (AvgIpc) is 3.32. The summed E-state index contributed by atoms with van der Waals surface area (Å²) in [6.45, 7) is 3.39. The number of H-pyrrole nitrogens is 1. The smallest absolute Gasteiger partial charge is 0.253 e. The summed E-state index contributed by atoms with van der Waals surface area (Å²) in [6, 6.07) is 19.5. The maximum Gasteiger partial charge on any atom is 0.253 e. The Morgan fingerprint density at radius 1 is 1.12 bits per heavy atom. The summed E-state index contributed by atoms with van der Waals surface area (Å²) in [5, 5.41) is 4.77. The highest BCUT2D eigenvalue weighted by molar-refractivity contribution is 7.80. The van der Waals surface area contributed by atoms with E-state index in [9.17, 15) is 4.79 Å². The second kappa shape index (κ2) is 9.70. The van der Waals surface area contributed by atoms with E-state index in [2.05, 4.69) is 10.3 Å². The first kappa shape index (κ1) is 21.6. The number of fused-ring (bicyclic) bond motifs is 1. The Kier molecular flexibility index (Phi) is 6.56. The maximum absolute atomic E-state index is 12.8. The number of nitrogens with zero attached hydrogens (tertiary/aromatic N) is 1. The van der Waals surface area contributed by atoms with Crippen molar-refractivity contribution in [2.24, 2.45) is 0 Å². The molecule has 0 atom stereocenters. The van der Waals surface area contributed by atoms with Gasteiger partial charge in [-0.1, -0.05) is 24.3 Å². The summed E-state index contributed by atoms with van der Waals surface area (Å²) in [7, 11) is 1.64. The Bertz CT molecular complexity index is 1260. The number of methoxy groups -OCH3 is 1. The summed E-state index contributed by atoms with van der Waals surface area (Å²) in [5.41, 5.74) is 3.53. The van der Waals surface area contributed by atoms with E-state index in [0.29, 0.717) is 30.3 Å². The van der Waals surface area contributed by atoms with Gasteiger partial charge in [0.05, 0.1) is 26.5 Å². The molecule has 0 aliphatic carbocycles. The van der Waals surface area contributed by atoms with Gasteiger partial charge in [0.2, 0.25) is 0 Å². The van der Waals surface area contributed by atoms with Gasteiger partial charge >= 0.3 is 0 Å². The quantitative estimate of drug-likeness (QED) is 0.406. The molecule has 0 saturated heterocycles. The van der Waals surface area contributed by atoms with Crippen LogP contribution in [0.3, 0.4) is 0 Å². The highest BCUT2D eigenvalue weighted by atomic mass is 32.1. The van der Waals surface area contributed by atoms with Crippen LogP contribution in [0.25, 0.3) is 10.9 Å². The van der Waals surface area contributed by atoms with E-state index in [1.807, 2.05) is 72.5 Å². The molecule has 7 heteroatoms. The van der Waals surface area contributed by atoms with E-state index < -0.39 is 0 Å². The van der Waals surface area contributed by atoms with Crippen molar-refractivity contribution in [1.29, 1.82) is 0 Å². The second-order valence-corrected chi connectivity index (χ2v) is 8.04. The largest absolute Gasteiger partial charge is 0.497 e. The van der Waals surface area contributed by atoms with E-state index in [-0.39, 0.29) is 5.56 Å². The summed E-state index contributed by atoms with van der Waals surface area (Å²) in [5.74, 6) is 1.58. The number of furan rings is 1. The molecule has 2 heterocycles. The van der Waals surface area contributed by atoms with Crippen molar-refractivity contribution in [1.82, 2.24) is 15.2 Å². The molecule has 164 valence electrons. The van der Waals surface area contributed by atoms with Crippen LogP contribution in [-0.4, -0.2) is 22.1 Å². The molecule has 0 spiro atoms. The minimum Gasteiger partial charge on any atom is -0.497 e. The van der Waals surface area contributed by atoms with Crippen molar-refractivity contribution in [2.45, 2.75) is 26.6 Å². The third-order valence-corrected chi connectivity index (χ3v) is 5.66. The van der Waals surface area contributed by atoms with Crippen LogP contribution in [0, 0.1) is 6.92 Å². The summed E-state index contributed by atoms with van der Waals surface area (Å²) in [6.07, 6.45) is 1.63. The third kappa shape index (κ3) is 5.18. The zero-order chi connectivity index (χ0) is 22.5. The molecule has 0 saturated carbocycles.